The van der Waals surface area contributed by atoms with Gasteiger partial charge >= 0.3 is 0 Å². The van der Waals surface area contributed by atoms with Crippen molar-refractivity contribution in [3.63, 3.8) is 0 Å². The number of amides is 1. The predicted molar refractivity (Wildman–Crippen MR) is 119 cm³/mol. The van der Waals surface area contributed by atoms with Crippen LogP contribution in [0.15, 0.2) is 84.9 Å². The number of hydrogen-bond donors (Lipinski definition) is 0. The van der Waals surface area contributed by atoms with E-state index in [0.29, 0.717) is 31.7 Å². The first-order chi connectivity index (χ1) is 14.7. The maximum Gasteiger partial charge on any atom is 0.263 e. The number of nitrogens with zero attached hydrogens (tertiary/aromatic N) is 2. The van der Waals surface area contributed by atoms with E-state index in [4.69, 9.17) is 10.00 Å². The zero-order chi connectivity index (χ0) is 21.2. The summed E-state index contributed by atoms with van der Waals surface area (Å²) in [7, 11) is 0. The Kier molecular flexibility index (Phi) is 7.63. The third-order valence-electron chi connectivity index (χ3n) is 4.91. The van der Waals surface area contributed by atoms with E-state index < -0.39 is 6.10 Å². The first kappa shape index (κ1) is 21.1. The highest BCUT2D eigenvalue weighted by atomic mass is 16.5. The summed E-state index contributed by atoms with van der Waals surface area (Å²) in [5.74, 6) is 0.568. The molecular formula is C26H26N2O2. The highest BCUT2D eigenvalue weighted by Crippen LogP contribution is 2.23. The van der Waals surface area contributed by atoms with E-state index in [1.165, 1.54) is 0 Å². The summed E-state index contributed by atoms with van der Waals surface area (Å²) >= 11 is 0. The molecule has 4 nitrogen and oxygen atoms in total. The van der Waals surface area contributed by atoms with Crippen LogP contribution in [0.5, 0.6) is 5.75 Å². The standard InChI is InChI=1S/C26H26N2O2/c1-2-25(26(29)28(19-9-18-27)20-21-10-5-3-6-11-21)30-24-16-14-23(15-17-24)22-12-7-4-8-13-22/h3-8,10-17,25H,2,9,19-20H2,1H3. The van der Waals surface area contributed by atoms with Crippen LogP contribution in [0.2, 0.25) is 0 Å². The molecule has 30 heavy (non-hydrogen) atoms. The minimum Gasteiger partial charge on any atom is -0.481 e. The van der Waals surface area contributed by atoms with E-state index in [1.54, 1.807) is 4.90 Å². The van der Waals surface area contributed by atoms with Crippen LogP contribution in [-0.2, 0) is 11.3 Å². The molecule has 0 aliphatic carbocycles. The summed E-state index contributed by atoms with van der Waals surface area (Å²) in [5, 5.41) is 8.99. The van der Waals surface area contributed by atoms with Crippen LogP contribution in [-0.4, -0.2) is 23.5 Å². The Balaban J connectivity index is 1.71. The Morgan fingerprint density at radius 3 is 2.13 bits per heavy atom. The van der Waals surface area contributed by atoms with Crippen LogP contribution in [0.3, 0.4) is 0 Å². The van der Waals surface area contributed by atoms with E-state index in [0.717, 1.165) is 16.7 Å². The summed E-state index contributed by atoms with van der Waals surface area (Å²) in [6.45, 7) is 2.79. The second kappa shape index (κ2) is 10.8. The van der Waals surface area contributed by atoms with Gasteiger partial charge < -0.3 is 9.64 Å². The summed E-state index contributed by atoms with van der Waals surface area (Å²) in [5.41, 5.74) is 3.27. The van der Waals surface area contributed by atoms with Crippen LogP contribution in [0.4, 0.5) is 0 Å². The van der Waals surface area contributed by atoms with Crippen molar-refractivity contribution in [1.29, 1.82) is 5.26 Å². The van der Waals surface area contributed by atoms with Gasteiger partial charge in [-0.25, -0.2) is 0 Å². The van der Waals surface area contributed by atoms with Crippen molar-refractivity contribution in [2.24, 2.45) is 0 Å². The van der Waals surface area contributed by atoms with Gasteiger partial charge in [-0.1, -0.05) is 79.7 Å². The molecule has 0 aliphatic heterocycles. The van der Waals surface area contributed by atoms with Gasteiger partial charge in [-0.05, 0) is 35.2 Å². The third-order valence-corrected chi connectivity index (χ3v) is 4.91. The SMILES string of the molecule is CCC(Oc1ccc(-c2ccccc2)cc1)C(=O)N(CCC#N)Cc1ccccc1. The molecule has 0 spiro atoms. The van der Waals surface area contributed by atoms with Gasteiger partial charge in [-0.3, -0.25) is 4.79 Å². The van der Waals surface area contributed by atoms with Crippen LogP contribution >= 0.6 is 0 Å². The molecular weight excluding hydrogens is 372 g/mol. The number of nitriles is 1. The van der Waals surface area contributed by atoms with Crippen molar-refractivity contribution in [2.75, 3.05) is 6.54 Å². The molecule has 1 atom stereocenters. The maximum atomic E-state index is 13.2. The van der Waals surface area contributed by atoms with Crippen LogP contribution in [0, 0.1) is 11.3 Å². The predicted octanol–water partition coefficient (Wildman–Crippen LogP) is 5.45. The number of carbonyl (C=O) groups excluding carboxylic acids is 1. The molecule has 3 aromatic rings. The van der Waals surface area contributed by atoms with Crippen molar-refractivity contribution < 1.29 is 9.53 Å². The quantitative estimate of drug-likeness (QED) is 0.481. The average Bonchev–Trinajstić information content (AvgIpc) is 2.81. The molecule has 0 saturated carbocycles. The molecule has 0 aromatic heterocycles. The molecule has 1 amide bonds. The molecule has 1 unspecified atom stereocenters. The van der Waals surface area contributed by atoms with Gasteiger partial charge in [0, 0.05) is 13.1 Å². The lowest BCUT2D eigenvalue weighted by Crippen LogP contribution is -2.41. The van der Waals surface area contributed by atoms with Gasteiger partial charge in [0.15, 0.2) is 6.10 Å². The van der Waals surface area contributed by atoms with Crippen molar-refractivity contribution in [1.82, 2.24) is 4.90 Å². The Morgan fingerprint density at radius 1 is 0.933 bits per heavy atom. The molecule has 0 saturated heterocycles. The highest BCUT2D eigenvalue weighted by molar-refractivity contribution is 5.81. The summed E-state index contributed by atoms with van der Waals surface area (Å²) in [4.78, 5) is 14.9. The highest BCUT2D eigenvalue weighted by Gasteiger charge is 2.24. The van der Waals surface area contributed by atoms with Crippen molar-refractivity contribution in [3.8, 4) is 22.9 Å². The first-order valence-corrected chi connectivity index (χ1v) is 10.2. The topological polar surface area (TPSA) is 53.3 Å². The number of carbonyl (C=O) groups is 1. The van der Waals surface area contributed by atoms with Gasteiger partial charge in [0.1, 0.15) is 5.75 Å². The molecule has 0 fully saturated rings. The lowest BCUT2D eigenvalue weighted by molar-refractivity contribution is -0.139. The van der Waals surface area contributed by atoms with E-state index in [-0.39, 0.29) is 5.91 Å². The average molecular weight is 399 g/mol. The Hall–Kier alpha value is -3.58. The smallest absolute Gasteiger partial charge is 0.263 e. The largest absolute Gasteiger partial charge is 0.481 e. The van der Waals surface area contributed by atoms with Gasteiger partial charge in [0.05, 0.1) is 12.5 Å². The van der Waals surface area contributed by atoms with Crippen LogP contribution < -0.4 is 4.74 Å². The first-order valence-electron chi connectivity index (χ1n) is 10.2. The number of hydrogen-bond acceptors (Lipinski definition) is 3. The maximum absolute atomic E-state index is 13.2. The summed E-state index contributed by atoms with van der Waals surface area (Å²) in [6, 6.07) is 29.9. The summed E-state index contributed by atoms with van der Waals surface area (Å²) < 4.78 is 6.04. The van der Waals surface area contributed by atoms with Crippen LogP contribution in [0.1, 0.15) is 25.3 Å². The Bertz CT molecular complexity index is 963. The third kappa shape index (κ3) is 5.71. The lowest BCUT2D eigenvalue weighted by Gasteiger charge is -2.27. The Labute approximate surface area is 178 Å². The number of ether oxygens (including phenoxy) is 1. The zero-order valence-electron chi connectivity index (χ0n) is 17.2. The van der Waals surface area contributed by atoms with Gasteiger partial charge in [-0.15, -0.1) is 0 Å². The molecule has 152 valence electrons. The number of rotatable bonds is 9. The molecule has 0 bridgehead atoms. The summed E-state index contributed by atoms with van der Waals surface area (Å²) in [6.07, 6.45) is 0.257. The minimum atomic E-state index is -0.588. The fourth-order valence-electron chi connectivity index (χ4n) is 3.29. The van der Waals surface area contributed by atoms with E-state index in [9.17, 15) is 4.79 Å². The molecule has 0 N–H and O–H groups in total. The van der Waals surface area contributed by atoms with Crippen molar-refractivity contribution in [2.45, 2.75) is 32.4 Å². The van der Waals surface area contributed by atoms with E-state index in [1.807, 2.05) is 79.7 Å². The molecule has 0 heterocycles. The lowest BCUT2D eigenvalue weighted by atomic mass is 10.1. The fraction of sp³-hybridized carbons (Fsp3) is 0.231. The second-order valence-electron chi connectivity index (χ2n) is 7.06. The van der Waals surface area contributed by atoms with E-state index in [2.05, 4.69) is 18.2 Å². The second-order valence-corrected chi connectivity index (χ2v) is 7.06. The molecule has 3 aromatic carbocycles. The van der Waals surface area contributed by atoms with Crippen molar-refractivity contribution >= 4 is 5.91 Å². The molecule has 0 radical (unpaired) electrons. The van der Waals surface area contributed by atoms with E-state index >= 15 is 0 Å². The fourth-order valence-corrected chi connectivity index (χ4v) is 3.29. The van der Waals surface area contributed by atoms with Gasteiger partial charge in [0.2, 0.25) is 0 Å². The van der Waals surface area contributed by atoms with Crippen molar-refractivity contribution in [3.05, 3.63) is 90.5 Å². The molecule has 4 heteroatoms. The number of benzene rings is 3. The minimum absolute atomic E-state index is 0.0938. The molecule has 0 aliphatic rings. The normalized spacial score (nSPS) is 11.3. The Morgan fingerprint density at radius 2 is 1.53 bits per heavy atom. The monoisotopic (exact) mass is 398 g/mol. The van der Waals surface area contributed by atoms with Crippen LogP contribution in [0.25, 0.3) is 11.1 Å². The molecule has 3 rings (SSSR count). The zero-order valence-corrected chi connectivity index (χ0v) is 17.2. The van der Waals surface area contributed by atoms with Gasteiger partial charge in [0.25, 0.3) is 5.91 Å². The van der Waals surface area contributed by atoms with Gasteiger partial charge in [-0.2, -0.15) is 5.26 Å².